The molecular weight excluding hydrogens is 430 g/mol. The van der Waals surface area contributed by atoms with Crippen LogP contribution in [0.1, 0.15) is 38.2 Å². The van der Waals surface area contributed by atoms with E-state index >= 15 is 0 Å². The van der Waals surface area contributed by atoms with Gasteiger partial charge in [-0.2, -0.15) is 0 Å². The average molecular weight is 464 g/mol. The SMILES string of the molecule is Cc1ccc(-c2nnc(SCC(=O)NCCCN3CCCCC3C)n2-c2ccccc2)cc1. The number of benzene rings is 2. The standard InChI is InChI=1S/C26H33N5OS/c1-20-12-14-22(15-13-20)25-28-29-26(31(25)23-10-4-3-5-11-23)33-19-24(32)27-16-8-18-30-17-7-6-9-21(30)2/h3-5,10-15,21H,6-9,16-19H2,1-2H3,(H,27,32). The third-order valence-electron chi connectivity index (χ3n) is 6.17. The van der Waals surface area contributed by atoms with Crippen LogP contribution in [0.25, 0.3) is 17.1 Å². The number of aryl methyl sites for hydroxylation is 1. The molecule has 1 saturated heterocycles. The molecule has 7 heteroatoms. The largest absolute Gasteiger partial charge is 0.355 e. The summed E-state index contributed by atoms with van der Waals surface area (Å²) in [6.07, 6.45) is 4.90. The lowest BCUT2D eigenvalue weighted by Crippen LogP contribution is -2.39. The van der Waals surface area contributed by atoms with Crippen molar-refractivity contribution in [3.8, 4) is 17.1 Å². The Kier molecular flexibility index (Phi) is 8.18. The molecule has 6 nitrogen and oxygen atoms in total. The number of carbonyl (C=O) groups is 1. The summed E-state index contributed by atoms with van der Waals surface area (Å²) in [5, 5.41) is 12.7. The Morgan fingerprint density at radius 1 is 1.09 bits per heavy atom. The number of rotatable bonds is 9. The zero-order valence-corrected chi connectivity index (χ0v) is 20.4. The van der Waals surface area contributed by atoms with E-state index in [0.29, 0.717) is 23.5 Å². The average Bonchev–Trinajstić information content (AvgIpc) is 3.26. The fraction of sp³-hybridized carbons (Fsp3) is 0.423. The van der Waals surface area contributed by atoms with Crippen LogP contribution in [0.5, 0.6) is 0 Å². The number of para-hydroxylation sites is 1. The zero-order chi connectivity index (χ0) is 23.0. The molecule has 1 aliphatic rings. The zero-order valence-electron chi connectivity index (χ0n) is 19.5. The summed E-state index contributed by atoms with van der Waals surface area (Å²) in [6, 6.07) is 19.0. The second-order valence-electron chi connectivity index (χ2n) is 8.72. The molecule has 0 radical (unpaired) electrons. The lowest BCUT2D eigenvalue weighted by Gasteiger charge is -2.33. The van der Waals surface area contributed by atoms with Gasteiger partial charge in [0.15, 0.2) is 11.0 Å². The molecule has 1 amide bonds. The lowest BCUT2D eigenvalue weighted by atomic mass is 10.0. The van der Waals surface area contributed by atoms with Crippen molar-refractivity contribution >= 4 is 17.7 Å². The molecular formula is C26H33N5OS. The van der Waals surface area contributed by atoms with Gasteiger partial charge in [0.1, 0.15) is 0 Å². The molecule has 1 atom stereocenters. The summed E-state index contributed by atoms with van der Waals surface area (Å²) < 4.78 is 2.03. The summed E-state index contributed by atoms with van der Waals surface area (Å²) in [6.45, 7) is 7.32. The van der Waals surface area contributed by atoms with Crippen molar-refractivity contribution < 1.29 is 4.79 Å². The van der Waals surface area contributed by atoms with E-state index in [-0.39, 0.29) is 5.91 Å². The Bertz CT molecular complexity index is 1030. The number of likely N-dealkylation sites (tertiary alicyclic amines) is 1. The third kappa shape index (κ3) is 6.24. The number of amides is 1. The van der Waals surface area contributed by atoms with Crippen LogP contribution in [0.3, 0.4) is 0 Å². The number of nitrogens with one attached hydrogen (secondary N) is 1. The molecule has 2 aromatic carbocycles. The van der Waals surface area contributed by atoms with Crippen LogP contribution in [-0.2, 0) is 4.79 Å². The van der Waals surface area contributed by atoms with Gasteiger partial charge in [-0.3, -0.25) is 9.36 Å². The van der Waals surface area contributed by atoms with Crippen LogP contribution in [0, 0.1) is 6.92 Å². The fourth-order valence-corrected chi connectivity index (χ4v) is 5.03. The number of aromatic nitrogens is 3. The fourth-order valence-electron chi connectivity index (χ4n) is 4.24. The second kappa shape index (κ2) is 11.5. The quantitative estimate of drug-likeness (QED) is 0.368. The van der Waals surface area contributed by atoms with Crippen LogP contribution in [0.2, 0.25) is 0 Å². The molecule has 0 spiro atoms. The maximum atomic E-state index is 12.5. The van der Waals surface area contributed by atoms with Gasteiger partial charge < -0.3 is 10.2 Å². The van der Waals surface area contributed by atoms with E-state index in [0.717, 1.165) is 30.0 Å². The molecule has 0 aliphatic carbocycles. The van der Waals surface area contributed by atoms with E-state index < -0.39 is 0 Å². The summed E-state index contributed by atoms with van der Waals surface area (Å²) in [5.74, 6) is 1.13. The Balaban J connectivity index is 1.36. The van der Waals surface area contributed by atoms with Crippen molar-refractivity contribution in [1.29, 1.82) is 0 Å². The van der Waals surface area contributed by atoms with Gasteiger partial charge in [-0.1, -0.05) is 66.2 Å². The van der Waals surface area contributed by atoms with Gasteiger partial charge in [0, 0.05) is 30.4 Å². The molecule has 1 fully saturated rings. The van der Waals surface area contributed by atoms with Crippen molar-refractivity contribution in [2.24, 2.45) is 0 Å². The monoisotopic (exact) mass is 463 g/mol. The minimum atomic E-state index is 0.0335. The van der Waals surface area contributed by atoms with Gasteiger partial charge in [-0.25, -0.2) is 0 Å². The Hall–Kier alpha value is -2.64. The Labute approximate surface area is 200 Å². The van der Waals surface area contributed by atoms with Gasteiger partial charge in [0.05, 0.1) is 5.75 Å². The molecule has 4 rings (SSSR count). The van der Waals surface area contributed by atoms with E-state index in [1.807, 2.05) is 34.9 Å². The molecule has 0 bridgehead atoms. The van der Waals surface area contributed by atoms with Crippen LogP contribution < -0.4 is 5.32 Å². The van der Waals surface area contributed by atoms with Crippen molar-refractivity contribution in [2.45, 2.75) is 50.7 Å². The minimum Gasteiger partial charge on any atom is -0.355 e. The summed E-state index contributed by atoms with van der Waals surface area (Å²) in [5.41, 5.74) is 3.18. The first kappa shape index (κ1) is 23.5. The Morgan fingerprint density at radius 2 is 1.88 bits per heavy atom. The molecule has 2 heterocycles. The number of hydrogen-bond acceptors (Lipinski definition) is 5. The highest BCUT2D eigenvalue weighted by atomic mass is 32.2. The van der Waals surface area contributed by atoms with Crippen LogP contribution in [0.15, 0.2) is 59.8 Å². The number of nitrogens with zero attached hydrogens (tertiary/aromatic N) is 4. The first-order chi connectivity index (χ1) is 16.1. The first-order valence-corrected chi connectivity index (χ1v) is 12.8. The smallest absolute Gasteiger partial charge is 0.230 e. The Morgan fingerprint density at radius 3 is 2.64 bits per heavy atom. The molecule has 1 unspecified atom stereocenters. The van der Waals surface area contributed by atoms with E-state index in [1.54, 1.807) is 0 Å². The normalized spacial score (nSPS) is 16.6. The highest BCUT2D eigenvalue weighted by Crippen LogP contribution is 2.28. The highest BCUT2D eigenvalue weighted by Gasteiger charge is 2.18. The highest BCUT2D eigenvalue weighted by molar-refractivity contribution is 7.99. The van der Waals surface area contributed by atoms with E-state index in [1.165, 1.54) is 43.1 Å². The van der Waals surface area contributed by atoms with Gasteiger partial charge in [-0.15, -0.1) is 10.2 Å². The van der Waals surface area contributed by atoms with E-state index in [2.05, 4.69) is 58.5 Å². The predicted octanol–water partition coefficient (Wildman–Crippen LogP) is 4.72. The molecule has 1 aliphatic heterocycles. The molecule has 174 valence electrons. The van der Waals surface area contributed by atoms with Gasteiger partial charge in [0.2, 0.25) is 5.91 Å². The molecule has 3 aromatic rings. The first-order valence-electron chi connectivity index (χ1n) is 11.8. The van der Waals surface area contributed by atoms with Crippen molar-refractivity contribution in [3.05, 3.63) is 60.2 Å². The number of thioether (sulfide) groups is 1. The van der Waals surface area contributed by atoms with Crippen LogP contribution >= 0.6 is 11.8 Å². The number of hydrogen-bond donors (Lipinski definition) is 1. The maximum Gasteiger partial charge on any atom is 0.230 e. The molecule has 0 saturated carbocycles. The second-order valence-corrected chi connectivity index (χ2v) is 9.66. The number of piperidine rings is 1. The van der Waals surface area contributed by atoms with Gasteiger partial charge >= 0.3 is 0 Å². The van der Waals surface area contributed by atoms with Crippen molar-refractivity contribution in [2.75, 3.05) is 25.4 Å². The minimum absolute atomic E-state index is 0.0335. The van der Waals surface area contributed by atoms with Gasteiger partial charge in [0.25, 0.3) is 0 Å². The van der Waals surface area contributed by atoms with Crippen molar-refractivity contribution in [1.82, 2.24) is 25.0 Å². The van der Waals surface area contributed by atoms with Crippen LogP contribution in [0.4, 0.5) is 0 Å². The summed E-state index contributed by atoms with van der Waals surface area (Å²) in [4.78, 5) is 15.0. The topological polar surface area (TPSA) is 63.1 Å². The molecule has 33 heavy (non-hydrogen) atoms. The summed E-state index contributed by atoms with van der Waals surface area (Å²) >= 11 is 1.42. The molecule has 1 aromatic heterocycles. The summed E-state index contributed by atoms with van der Waals surface area (Å²) in [7, 11) is 0. The van der Waals surface area contributed by atoms with Gasteiger partial charge in [-0.05, 0) is 51.8 Å². The van der Waals surface area contributed by atoms with Crippen LogP contribution in [-0.4, -0.2) is 57.0 Å². The number of carbonyl (C=O) groups excluding carboxylic acids is 1. The predicted molar refractivity (Wildman–Crippen MR) is 135 cm³/mol. The molecule has 1 N–H and O–H groups in total. The maximum absolute atomic E-state index is 12.5. The van der Waals surface area contributed by atoms with E-state index in [4.69, 9.17) is 0 Å². The van der Waals surface area contributed by atoms with Crippen molar-refractivity contribution in [3.63, 3.8) is 0 Å². The lowest BCUT2D eigenvalue weighted by molar-refractivity contribution is -0.118. The van der Waals surface area contributed by atoms with E-state index in [9.17, 15) is 4.79 Å². The third-order valence-corrected chi connectivity index (χ3v) is 7.10.